The first kappa shape index (κ1) is 22.8. The second kappa shape index (κ2) is 10.9. The fourth-order valence-corrected chi connectivity index (χ4v) is 4.83. The van der Waals surface area contributed by atoms with Gasteiger partial charge in [0.2, 0.25) is 5.91 Å². The van der Waals surface area contributed by atoms with Gasteiger partial charge in [-0.1, -0.05) is 35.9 Å². The number of amides is 1. The molecule has 0 atom stereocenters. The fourth-order valence-electron chi connectivity index (χ4n) is 3.80. The van der Waals surface area contributed by atoms with E-state index in [2.05, 4.69) is 18.5 Å². The maximum atomic E-state index is 12.8. The van der Waals surface area contributed by atoms with E-state index >= 15 is 0 Å². The van der Waals surface area contributed by atoms with Gasteiger partial charge in [0.05, 0.1) is 4.90 Å². The second-order valence-corrected chi connectivity index (χ2v) is 9.28. The zero-order chi connectivity index (χ0) is 21.5. The normalized spacial score (nSPS) is 21.2. The number of hydrogen-bond donors (Lipinski definition) is 0. The summed E-state index contributed by atoms with van der Waals surface area (Å²) < 4.78 is 0.814. The number of piperidine rings is 1. The number of likely N-dealkylation sites (N-methyl/N-ethyl adjacent to an activating group) is 1. The zero-order valence-corrected chi connectivity index (χ0v) is 19.0. The number of allylic oxidation sites excluding steroid dienone is 2. The van der Waals surface area contributed by atoms with E-state index in [1.807, 2.05) is 41.3 Å². The first-order chi connectivity index (χ1) is 14.5. The molecule has 0 radical (unpaired) electrons. The highest BCUT2D eigenvalue weighted by Gasteiger charge is 2.30. The van der Waals surface area contributed by atoms with E-state index in [-0.39, 0.29) is 12.3 Å². The fraction of sp³-hybridized carbons (Fsp3) is 0.435. The zero-order valence-electron chi connectivity index (χ0n) is 17.4. The number of hydrogen-bond acceptors (Lipinski definition) is 4. The molecule has 1 amide bonds. The standard InChI is InChI=1S/C23H29ClN3O2S/c1-3-11-25(2)12-8-18-9-13-26(14-10-18)23(28)17-21-16-20(24)15-19-6-4-5-7-22(19)30-27(21)29/h3-7,15-16,18H,1,8-14,17H2,2H3/q+1/b20-15+,21-16-. The summed E-state index contributed by atoms with van der Waals surface area (Å²) in [4.78, 5) is 30.5. The Kier molecular flexibility index (Phi) is 8.31. The van der Waals surface area contributed by atoms with Gasteiger partial charge in [-0.25, -0.2) is 0 Å². The van der Waals surface area contributed by atoms with Crippen molar-refractivity contribution in [2.75, 3.05) is 33.2 Å². The van der Waals surface area contributed by atoms with E-state index in [0.717, 1.165) is 72.0 Å². The quantitative estimate of drug-likeness (QED) is 0.332. The van der Waals surface area contributed by atoms with Crippen molar-refractivity contribution in [2.24, 2.45) is 5.92 Å². The van der Waals surface area contributed by atoms with Gasteiger partial charge in [-0.2, -0.15) is 0 Å². The molecule has 0 N–H and O–H groups in total. The van der Waals surface area contributed by atoms with Crippen LogP contribution in [-0.2, 0) is 4.79 Å². The summed E-state index contributed by atoms with van der Waals surface area (Å²) in [6.45, 7) is 7.22. The van der Waals surface area contributed by atoms with Crippen LogP contribution in [0, 0.1) is 10.8 Å². The number of benzene rings is 1. The Morgan fingerprint density at radius 3 is 2.80 bits per heavy atom. The van der Waals surface area contributed by atoms with Crippen LogP contribution in [0.25, 0.3) is 6.08 Å². The molecule has 5 nitrogen and oxygen atoms in total. The lowest BCUT2D eigenvalue weighted by Gasteiger charge is -2.32. The third-order valence-corrected chi connectivity index (χ3v) is 6.78. The minimum atomic E-state index is -0.0109. The SMILES string of the molecule is C=CCN(C)CCC1CCN(C(=O)C/C2=C/C(Cl)=C\c3ccccc3S[N+]2=O)CC1. The van der Waals surface area contributed by atoms with Gasteiger partial charge in [-0.05, 0) is 56.5 Å². The van der Waals surface area contributed by atoms with Crippen molar-refractivity contribution in [3.05, 3.63) is 64.2 Å². The lowest BCUT2D eigenvalue weighted by Crippen LogP contribution is -2.39. The summed E-state index contributed by atoms with van der Waals surface area (Å²) in [6.07, 6.45) is 8.59. The van der Waals surface area contributed by atoms with Crippen molar-refractivity contribution < 1.29 is 8.96 Å². The van der Waals surface area contributed by atoms with E-state index < -0.39 is 0 Å². The molecule has 1 aromatic rings. The molecular formula is C23H29ClN3O2S+. The molecule has 30 heavy (non-hydrogen) atoms. The minimum absolute atomic E-state index is 0.0109. The van der Waals surface area contributed by atoms with Crippen LogP contribution < -0.4 is 0 Å². The van der Waals surface area contributed by atoms with Crippen LogP contribution in [0.1, 0.15) is 31.2 Å². The highest BCUT2D eigenvalue weighted by Crippen LogP contribution is 2.32. The molecule has 2 aliphatic heterocycles. The lowest BCUT2D eigenvalue weighted by molar-refractivity contribution is -0.313. The van der Waals surface area contributed by atoms with Gasteiger partial charge < -0.3 is 9.80 Å². The summed E-state index contributed by atoms with van der Waals surface area (Å²) in [6, 6.07) is 7.60. The molecule has 7 heteroatoms. The highest BCUT2D eigenvalue weighted by molar-refractivity contribution is 7.93. The number of nitrogens with zero attached hydrogens (tertiary/aromatic N) is 3. The minimum Gasteiger partial charge on any atom is -0.342 e. The van der Waals surface area contributed by atoms with E-state index in [0.29, 0.717) is 16.6 Å². The molecule has 1 saturated heterocycles. The largest absolute Gasteiger partial charge is 0.342 e. The third kappa shape index (κ3) is 6.30. The van der Waals surface area contributed by atoms with Crippen LogP contribution in [-0.4, -0.2) is 53.1 Å². The predicted molar refractivity (Wildman–Crippen MR) is 124 cm³/mol. The summed E-state index contributed by atoms with van der Waals surface area (Å²) in [5.41, 5.74) is 1.28. The van der Waals surface area contributed by atoms with E-state index in [4.69, 9.17) is 11.6 Å². The number of nitroso groups, excluding NO2 is 1. The maximum absolute atomic E-state index is 12.8. The predicted octanol–water partition coefficient (Wildman–Crippen LogP) is 5.09. The Bertz CT molecular complexity index is 860. The number of rotatable bonds is 7. The van der Waals surface area contributed by atoms with Crippen molar-refractivity contribution in [1.82, 2.24) is 9.80 Å². The Morgan fingerprint density at radius 1 is 1.33 bits per heavy atom. The number of fused-ring (bicyclic) bond motifs is 1. The van der Waals surface area contributed by atoms with Crippen molar-refractivity contribution in [1.29, 1.82) is 0 Å². The molecule has 2 heterocycles. The van der Waals surface area contributed by atoms with Crippen molar-refractivity contribution in [3.8, 4) is 0 Å². The molecule has 0 bridgehead atoms. The Labute approximate surface area is 188 Å². The molecule has 0 aromatic heterocycles. The lowest BCUT2D eigenvalue weighted by atomic mass is 9.93. The second-order valence-electron chi connectivity index (χ2n) is 7.89. The number of halogens is 1. The van der Waals surface area contributed by atoms with E-state index in [9.17, 15) is 9.70 Å². The van der Waals surface area contributed by atoms with Gasteiger partial charge in [0.15, 0.2) is 0 Å². The molecule has 0 aliphatic carbocycles. The molecule has 0 saturated carbocycles. The van der Waals surface area contributed by atoms with Gasteiger partial charge in [0, 0.05) is 35.6 Å². The molecule has 0 spiro atoms. The summed E-state index contributed by atoms with van der Waals surface area (Å²) in [7, 11) is 2.10. The number of carbonyl (C=O) groups excluding carboxylic acids is 1. The van der Waals surface area contributed by atoms with Crippen LogP contribution in [0.4, 0.5) is 0 Å². The smallest absolute Gasteiger partial charge is 0.261 e. The average Bonchev–Trinajstić information content (AvgIpc) is 2.73. The Morgan fingerprint density at radius 2 is 2.07 bits per heavy atom. The summed E-state index contributed by atoms with van der Waals surface area (Å²) in [5, 5.41) is 0.453. The molecular weight excluding hydrogens is 418 g/mol. The molecule has 1 aromatic carbocycles. The first-order valence-electron chi connectivity index (χ1n) is 10.4. The van der Waals surface area contributed by atoms with Gasteiger partial charge in [0.1, 0.15) is 10.6 Å². The van der Waals surface area contributed by atoms with Crippen molar-refractivity contribution >= 4 is 35.5 Å². The molecule has 3 rings (SSSR count). The third-order valence-electron chi connectivity index (χ3n) is 5.59. The van der Waals surface area contributed by atoms with Crippen LogP contribution in [0.2, 0.25) is 0 Å². The number of likely N-dealkylation sites (tertiary alicyclic amines) is 1. The first-order valence-corrected chi connectivity index (χ1v) is 11.5. The Hall–Kier alpha value is -1.89. The van der Waals surface area contributed by atoms with Crippen molar-refractivity contribution in [2.45, 2.75) is 30.6 Å². The van der Waals surface area contributed by atoms with E-state index in [1.54, 1.807) is 6.08 Å². The van der Waals surface area contributed by atoms with Crippen LogP contribution in [0.5, 0.6) is 0 Å². The molecule has 1 fully saturated rings. The molecule has 2 aliphatic rings. The van der Waals surface area contributed by atoms with Crippen molar-refractivity contribution in [3.63, 3.8) is 0 Å². The maximum Gasteiger partial charge on any atom is 0.261 e. The topological polar surface area (TPSA) is 43.6 Å². The number of carbonyl (C=O) groups is 1. The molecule has 0 unspecified atom stereocenters. The van der Waals surface area contributed by atoms with Crippen LogP contribution in [0.15, 0.2) is 58.6 Å². The molecule has 160 valence electrons. The van der Waals surface area contributed by atoms with Gasteiger partial charge in [-0.3, -0.25) is 4.79 Å². The van der Waals surface area contributed by atoms with Crippen LogP contribution >= 0.6 is 23.5 Å². The van der Waals surface area contributed by atoms with Crippen LogP contribution in [0.3, 0.4) is 0 Å². The average molecular weight is 447 g/mol. The van der Waals surface area contributed by atoms with E-state index in [1.165, 1.54) is 0 Å². The Balaban J connectivity index is 1.55. The van der Waals surface area contributed by atoms with Gasteiger partial charge in [0.25, 0.3) is 17.6 Å². The van der Waals surface area contributed by atoms with Gasteiger partial charge in [-0.15, -0.1) is 6.58 Å². The monoisotopic (exact) mass is 446 g/mol. The summed E-state index contributed by atoms with van der Waals surface area (Å²) >= 11 is 7.41. The summed E-state index contributed by atoms with van der Waals surface area (Å²) in [5.74, 6) is 0.630. The highest BCUT2D eigenvalue weighted by atomic mass is 35.5. The van der Waals surface area contributed by atoms with Gasteiger partial charge >= 0.3 is 0 Å².